The Morgan fingerprint density at radius 3 is 2.34 bits per heavy atom. The Kier molecular flexibility index (Phi) is 5.71. The molecule has 1 saturated heterocycles. The summed E-state index contributed by atoms with van der Waals surface area (Å²) < 4.78 is 5.64. The summed E-state index contributed by atoms with van der Waals surface area (Å²) in [5.74, 6) is 0.908. The molecule has 0 aromatic heterocycles. The second-order valence-corrected chi connectivity index (χ2v) is 8.98. The number of hydrogen-bond donors (Lipinski definition) is 1. The fourth-order valence-corrected chi connectivity index (χ4v) is 5.60. The molecule has 4 nitrogen and oxygen atoms in total. The molecule has 3 aromatic rings. The maximum atomic E-state index is 13.2. The van der Waals surface area contributed by atoms with Gasteiger partial charge in [0.2, 0.25) is 5.91 Å². The van der Waals surface area contributed by atoms with Crippen LogP contribution < -0.4 is 10.5 Å². The number of rotatable bonds is 7. The number of likely N-dealkylation sites (tertiary alicyclic amines) is 1. The van der Waals surface area contributed by atoms with Crippen molar-refractivity contribution >= 4 is 5.91 Å². The van der Waals surface area contributed by atoms with Gasteiger partial charge < -0.3 is 15.4 Å². The zero-order valence-corrected chi connectivity index (χ0v) is 18.4. The van der Waals surface area contributed by atoms with Crippen LogP contribution in [0, 0.1) is 5.92 Å². The number of primary amides is 1. The molecule has 4 heteroatoms. The van der Waals surface area contributed by atoms with Crippen molar-refractivity contribution in [2.45, 2.75) is 24.7 Å². The maximum absolute atomic E-state index is 13.2. The monoisotopic (exact) mass is 426 g/mol. The van der Waals surface area contributed by atoms with Gasteiger partial charge in [-0.1, -0.05) is 72.8 Å². The van der Waals surface area contributed by atoms with Gasteiger partial charge in [0.15, 0.2) is 0 Å². The van der Waals surface area contributed by atoms with Crippen molar-refractivity contribution in [3.05, 3.63) is 101 Å². The Labute approximate surface area is 190 Å². The lowest BCUT2D eigenvalue weighted by atomic mass is 9.64. The van der Waals surface area contributed by atoms with Crippen molar-refractivity contribution in [1.29, 1.82) is 0 Å². The van der Waals surface area contributed by atoms with Crippen molar-refractivity contribution in [3.8, 4) is 5.75 Å². The maximum Gasteiger partial charge on any atom is 0.232 e. The number of carbonyl (C=O) groups is 1. The molecule has 1 amide bonds. The molecule has 2 N–H and O–H groups in total. The summed E-state index contributed by atoms with van der Waals surface area (Å²) in [6.45, 7) is 3.61. The number of carbonyl (C=O) groups excluding carboxylic acids is 1. The second kappa shape index (κ2) is 8.79. The number of amides is 1. The van der Waals surface area contributed by atoms with Crippen molar-refractivity contribution in [2.24, 2.45) is 11.7 Å². The van der Waals surface area contributed by atoms with E-state index < -0.39 is 5.41 Å². The molecular formula is C28H30N2O2. The molecule has 0 radical (unpaired) electrons. The van der Waals surface area contributed by atoms with E-state index in [0.29, 0.717) is 0 Å². The van der Waals surface area contributed by atoms with Gasteiger partial charge in [-0.15, -0.1) is 0 Å². The highest BCUT2D eigenvalue weighted by Gasteiger charge is 2.49. The zero-order valence-electron chi connectivity index (χ0n) is 18.4. The van der Waals surface area contributed by atoms with E-state index in [0.717, 1.165) is 62.4 Å². The van der Waals surface area contributed by atoms with Crippen molar-refractivity contribution in [2.75, 3.05) is 26.2 Å². The third kappa shape index (κ3) is 3.69. The van der Waals surface area contributed by atoms with Crippen molar-refractivity contribution < 1.29 is 9.53 Å². The number of nitrogens with two attached hydrogens (primary N) is 1. The first kappa shape index (κ1) is 20.8. The average Bonchev–Trinajstić information content (AvgIpc) is 3.49. The molecule has 164 valence electrons. The molecule has 1 fully saturated rings. The molecule has 0 aliphatic carbocycles. The number of ether oxygens (including phenoxy) is 1. The van der Waals surface area contributed by atoms with Gasteiger partial charge in [0.1, 0.15) is 11.2 Å². The molecule has 0 unspecified atom stereocenters. The molecule has 0 spiro atoms. The summed E-state index contributed by atoms with van der Waals surface area (Å²) in [5, 5.41) is 0. The van der Waals surface area contributed by atoms with E-state index in [1.807, 2.05) is 60.7 Å². The first-order valence-corrected chi connectivity index (χ1v) is 11.6. The lowest BCUT2D eigenvalue weighted by Gasteiger charge is -2.37. The minimum atomic E-state index is -0.817. The van der Waals surface area contributed by atoms with E-state index in [-0.39, 0.29) is 11.8 Å². The van der Waals surface area contributed by atoms with Crippen molar-refractivity contribution in [3.63, 3.8) is 0 Å². The van der Waals surface area contributed by atoms with Gasteiger partial charge in [-0.25, -0.2) is 0 Å². The van der Waals surface area contributed by atoms with E-state index in [1.54, 1.807) is 0 Å². The summed E-state index contributed by atoms with van der Waals surface area (Å²) in [7, 11) is 0. The number of fused-ring (bicyclic) bond motifs is 1. The van der Waals surface area contributed by atoms with Crippen molar-refractivity contribution in [1.82, 2.24) is 4.90 Å². The fraction of sp³-hybridized carbons (Fsp3) is 0.321. The molecule has 2 aliphatic heterocycles. The van der Waals surface area contributed by atoms with Crippen LogP contribution in [0.15, 0.2) is 78.9 Å². The van der Waals surface area contributed by atoms with Crippen LogP contribution in [0.25, 0.3) is 0 Å². The summed E-state index contributed by atoms with van der Waals surface area (Å²) in [6, 6.07) is 26.7. The first-order valence-electron chi connectivity index (χ1n) is 11.6. The lowest BCUT2D eigenvalue weighted by Crippen LogP contribution is -2.49. The largest absolute Gasteiger partial charge is 0.493 e. The van der Waals surface area contributed by atoms with Gasteiger partial charge >= 0.3 is 0 Å². The predicted octanol–water partition coefficient (Wildman–Crippen LogP) is 3.96. The van der Waals surface area contributed by atoms with E-state index in [9.17, 15) is 4.79 Å². The predicted molar refractivity (Wildman–Crippen MR) is 127 cm³/mol. The van der Waals surface area contributed by atoms with Gasteiger partial charge in [0.25, 0.3) is 0 Å². The van der Waals surface area contributed by atoms with Crippen LogP contribution in [0.2, 0.25) is 0 Å². The highest BCUT2D eigenvalue weighted by atomic mass is 16.5. The van der Waals surface area contributed by atoms with Gasteiger partial charge in [0, 0.05) is 19.5 Å². The smallest absolute Gasteiger partial charge is 0.232 e. The first-order chi connectivity index (χ1) is 15.7. The Morgan fingerprint density at radius 1 is 1.00 bits per heavy atom. The quantitative estimate of drug-likeness (QED) is 0.622. The van der Waals surface area contributed by atoms with Gasteiger partial charge in [0.05, 0.1) is 6.61 Å². The summed E-state index contributed by atoms with van der Waals surface area (Å²) in [4.78, 5) is 15.7. The average molecular weight is 427 g/mol. The third-order valence-corrected chi connectivity index (χ3v) is 7.20. The fourth-order valence-electron chi connectivity index (χ4n) is 5.60. The highest BCUT2D eigenvalue weighted by Crippen LogP contribution is 2.43. The van der Waals surface area contributed by atoms with Gasteiger partial charge in [-0.3, -0.25) is 4.79 Å². The van der Waals surface area contributed by atoms with Crippen LogP contribution in [-0.4, -0.2) is 37.0 Å². The Bertz CT molecular complexity index is 1040. The van der Waals surface area contributed by atoms with E-state index in [4.69, 9.17) is 10.5 Å². The topological polar surface area (TPSA) is 55.6 Å². The Hall–Kier alpha value is -3.11. The SMILES string of the molecule is NC(=O)C(c1ccccc1)(c1ccccc1)[C@H]1CCN(CCc2ccc3c(c2)CCO3)C1. The van der Waals surface area contributed by atoms with Crippen LogP contribution in [0.4, 0.5) is 0 Å². The number of nitrogens with zero attached hydrogens (tertiary/aromatic N) is 1. The van der Waals surface area contributed by atoms with Crippen LogP contribution in [0.1, 0.15) is 28.7 Å². The number of hydrogen-bond acceptors (Lipinski definition) is 3. The molecular weight excluding hydrogens is 396 g/mol. The normalized spacial score (nSPS) is 18.3. The molecule has 32 heavy (non-hydrogen) atoms. The Balaban J connectivity index is 1.38. The highest BCUT2D eigenvalue weighted by molar-refractivity contribution is 5.91. The molecule has 0 bridgehead atoms. The van der Waals surface area contributed by atoms with Crippen LogP contribution in [0.3, 0.4) is 0 Å². The van der Waals surface area contributed by atoms with E-state index >= 15 is 0 Å². The molecule has 2 aliphatic rings. The minimum Gasteiger partial charge on any atom is -0.493 e. The van der Waals surface area contributed by atoms with E-state index in [1.165, 1.54) is 11.1 Å². The van der Waals surface area contributed by atoms with Crippen LogP contribution >= 0.6 is 0 Å². The Morgan fingerprint density at radius 2 is 1.69 bits per heavy atom. The third-order valence-electron chi connectivity index (χ3n) is 7.20. The van der Waals surface area contributed by atoms with Crippen LogP contribution in [-0.2, 0) is 23.1 Å². The minimum absolute atomic E-state index is 0.137. The number of benzene rings is 3. The van der Waals surface area contributed by atoms with Gasteiger partial charge in [-0.2, -0.15) is 0 Å². The molecule has 5 rings (SSSR count). The van der Waals surface area contributed by atoms with Crippen LogP contribution in [0.5, 0.6) is 5.75 Å². The standard InChI is InChI=1S/C28H30N2O2/c29-27(31)28(23-7-3-1-4-8-23,24-9-5-2-6-10-24)25-14-17-30(20-25)16-13-21-11-12-26-22(19-21)15-18-32-26/h1-12,19,25H,13-18,20H2,(H2,29,31)/t25-/m0/s1. The summed E-state index contributed by atoms with van der Waals surface area (Å²) in [5.41, 5.74) is 10.0. The second-order valence-electron chi connectivity index (χ2n) is 8.98. The lowest BCUT2D eigenvalue weighted by molar-refractivity contribution is -0.123. The zero-order chi connectivity index (χ0) is 22.0. The summed E-state index contributed by atoms with van der Waals surface area (Å²) in [6.07, 6.45) is 2.95. The molecule has 2 heterocycles. The molecule has 0 saturated carbocycles. The van der Waals surface area contributed by atoms with Gasteiger partial charge in [-0.05, 0) is 53.6 Å². The summed E-state index contributed by atoms with van der Waals surface area (Å²) >= 11 is 0. The van der Waals surface area contributed by atoms with E-state index in [2.05, 4.69) is 23.1 Å². The molecule has 1 atom stereocenters. The molecule has 3 aromatic carbocycles.